The third-order valence-corrected chi connectivity index (χ3v) is 3.93. The van der Waals surface area contributed by atoms with E-state index in [1.165, 1.54) is 0 Å². The minimum absolute atomic E-state index is 0.0811. The number of rotatable bonds is 3. The number of nitrogens with zero attached hydrogens (tertiary/aromatic N) is 2. The van der Waals surface area contributed by atoms with Crippen molar-refractivity contribution in [2.24, 2.45) is 5.73 Å². The molecule has 1 aromatic heterocycles. The molecule has 19 heavy (non-hydrogen) atoms. The van der Waals surface area contributed by atoms with E-state index in [4.69, 9.17) is 5.73 Å². The zero-order valence-corrected chi connectivity index (χ0v) is 11.1. The molecule has 2 atom stereocenters. The van der Waals surface area contributed by atoms with Gasteiger partial charge in [0.1, 0.15) is 0 Å². The number of hydrogen-bond acceptors (Lipinski definition) is 3. The highest BCUT2D eigenvalue weighted by Crippen LogP contribution is 2.43. The summed E-state index contributed by atoms with van der Waals surface area (Å²) in [6, 6.07) is 7.83. The van der Waals surface area contributed by atoms with Crippen LogP contribution < -0.4 is 5.73 Å². The van der Waals surface area contributed by atoms with Gasteiger partial charge in [0.2, 0.25) is 0 Å². The molecular formula is C15H19N3O. The predicted molar refractivity (Wildman–Crippen MR) is 73.5 cm³/mol. The lowest BCUT2D eigenvalue weighted by Crippen LogP contribution is -2.26. The van der Waals surface area contributed by atoms with Crippen LogP contribution in [-0.2, 0) is 18.6 Å². The Morgan fingerprint density at radius 1 is 1.47 bits per heavy atom. The lowest BCUT2D eigenvalue weighted by atomic mass is 9.90. The number of fused-ring (bicyclic) bond motifs is 1. The second kappa shape index (κ2) is 4.47. The summed E-state index contributed by atoms with van der Waals surface area (Å²) in [5.41, 5.74) is 8.34. The van der Waals surface area contributed by atoms with E-state index < -0.39 is 5.60 Å². The van der Waals surface area contributed by atoms with Crippen molar-refractivity contribution in [3.8, 4) is 0 Å². The van der Waals surface area contributed by atoms with Crippen molar-refractivity contribution in [3.63, 3.8) is 0 Å². The normalized spacial score (nSPS) is 25.5. The van der Waals surface area contributed by atoms with Crippen LogP contribution in [-0.4, -0.2) is 14.9 Å². The molecule has 4 nitrogen and oxygen atoms in total. The van der Waals surface area contributed by atoms with Gasteiger partial charge in [-0.2, -0.15) is 5.10 Å². The molecular weight excluding hydrogens is 238 g/mol. The van der Waals surface area contributed by atoms with Gasteiger partial charge in [-0.05, 0) is 30.0 Å². The highest BCUT2D eigenvalue weighted by Gasteiger charge is 2.40. The average molecular weight is 257 g/mol. The molecule has 1 aromatic carbocycles. The third kappa shape index (κ3) is 2.07. The molecule has 0 fully saturated rings. The molecule has 4 heteroatoms. The van der Waals surface area contributed by atoms with Crippen LogP contribution in [0, 0.1) is 0 Å². The lowest BCUT2D eigenvalue weighted by Gasteiger charge is -2.23. The highest BCUT2D eigenvalue weighted by atomic mass is 16.3. The molecule has 3 rings (SSSR count). The Balaban J connectivity index is 1.92. The number of nitrogens with two attached hydrogens (primary N) is 1. The van der Waals surface area contributed by atoms with E-state index in [0.29, 0.717) is 12.8 Å². The monoisotopic (exact) mass is 257 g/mol. The highest BCUT2D eigenvalue weighted by molar-refractivity contribution is 5.41. The summed E-state index contributed by atoms with van der Waals surface area (Å²) in [6.07, 6.45) is 4.96. The van der Waals surface area contributed by atoms with E-state index in [1.807, 2.05) is 48.3 Å². The van der Waals surface area contributed by atoms with Crippen LogP contribution in [0.25, 0.3) is 0 Å². The van der Waals surface area contributed by atoms with Crippen molar-refractivity contribution in [1.29, 1.82) is 0 Å². The molecule has 2 unspecified atom stereocenters. The molecule has 0 spiro atoms. The largest absolute Gasteiger partial charge is 0.385 e. The van der Waals surface area contributed by atoms with Gasteiger partial charge < -0.3 is 10.8 Å². The standard InChI is InChI=1S/C15H19N3O/c1-2-18-10-11(9-17-18)7-15(19)8-14(16)12-5-3-4-6-13(12)15/h3-6,9-10,14,19H,2,7-8,16H2,1H3. The third-order valence-electron chi connectivity index (χ3n) is 3.93. The van der Waals surface area contributed by atoms with Gasteiger partial charge in [-0.3, -0.25) is 4.68 Å². The molecule has 100 valence electrons. The fourth-order valence-electron chi connectivity index (χ4n) is 3.00. The van der Waals surface area contributed by atoms with Crippen molar-refractivity contribution < 1.29 is 5.11 Å². The van der Waals surface area contributed by atoms with E-state index in [2.05, 4.69) is 5.10 Å². The number of aryl methyl sites for hydroxylation is 1. The zero-order chi connectivity index (χ0) is 13.5. The summed E-state index contributed by atoms with van der Waals surface area (Å²) < 4.78 is 1.87. The molecule has 1 aliphatic rings. The van der Waals surface area contributed by atoms with Crippen molar-refractivity contribution in [1.82, 2.24) is 9.78 Å². The first-order valence-corrected chi connectivity index (χ1v) is 6.71. The Bertz CT molecular complexity index is 593. The molecule has 1 aliphatic carbocycles. The molecule has 0 saturated heterocycles. The molecule has 0 bridgehead atoms. The summed E-state index contributed by atoms with van der Waals surface area (Å²) >= 11 is 0. The van der Waals surface area contributed by atoms with Crippen LogP contribution in [0.5, 0.6) is 0 Å². The minimum atomic E-state index is -0.863. The second-order valence-electron chi connectivity index (χ2n) is 5.31. The van der Waals surface area contributed by atoms with E-state index in [1.54, 1.807) is 0 Å². The van der Waals surface area contributed by atoms with E-state index in [-0.39, 0.29) is 6.04 Å². The smallest absolute Gasteiger partial charge is 0.0959 e. The van der Waals surface area contributed by atoms with Gasteiger partial charge in [0.15, 0.2) is 0 Å². The van der Waals surface area contributed by atoms with Gasteiger partial charge in [-0.1, -0.05) is 24.3 Å². The van der Waals surface area contributed by atoms with Crippen molar-refractivity contribution >= 4 is 0 Å². The Labute approximate surface area is 112 Å². The maximum Gasteiger partial charge on any atom is 0.0959 e. The fourth-order valence-corrected chi connectivity index (χ4v) is 3.00. The lowest BCUT2D eigenvalue weighted by molar-refractivity contribution is 0.0342. The van der Waals surface area contributed by atoms with Gasteiger partial charge in [-0.25, -0.2) is 0 Å². The van der Waals surface area contributed by atoms with Gasteiger partial charge in [0.25, 0.3) is 0 Å². The Kier molecular flexibility index (Phi) is 2.92. The van der Waals surface area contributed by atoms with Crippen LogP contribution in [0.4, 0.5) is 0 Å². The van der Waals surface area contributed by atoms with Gasteiger partial charge in [0, 0.05) is 25.2 Å². The minimum Gasteiger partial charge on any atom is -0.385 e. The molecule has 0 aliphatic heterocycles. The first-order valence-electron chi connectivity index (χ1n) is 6.71. The van der Waals surface area contributed by atoms with Crippen molar-refractivity contribution in [2.75, 3.05) is 0 Å². The summed E-state index contributed by atoms with van der Waals surface area (Å²) in [7, 11) is 0. The topological polar surface area (TPSA) is 64.1 Å². The maximum absolute atomic E-state index is 10.9. The van der Waals surface area contributed by atoms with Crippen LogP contribution >= 0.6 is 0 Å². The predicted octanol–water partition coefficient (Wildman–Crippen LogP) is 1.74. The summed E-state index contributed by atoms with van der Waals surface area (Å²) in [6.45, 7) is 2.89. The molecule has 0 radical (unpaired) electrons. The number of aromatic nitrogens is 2. The Morgan fingerprint density at radius 2 is 2.26 bits per heavy atom. The molecule has 3 N–H and O–H groups in total. The van der Waals surface area contributed by atoms with Crippen LogP contribution in [0.1, 0.15) is 36.1 Å². The maximum atomic E-state index is 10.9. The molecule has 0 amide bonds. The van der Waals surface area contributed by atoms with Crippen LogP contribution in [0.15, 0.2) is 36.7 Å². The van der Waals surface area contributed by atoms with Crippen LogP contribution in [0.2, 0.25) is 0 Å². The van der Waals surface area contributed by atoms with Crippen LogP contribution in [0.3, 0.4) is 0 Å². The average Bonchev–Trinajstić information content (AvgIpc) is 2.95. The number of aliphatic hydroxyl groups is 1. The fraction of sp³-hybridized carbons (Fsp3) is 0.400. The van der Waals surface area contributed by atoms with Gasteiger partial charge in [0.05, 0.1) is 11.8 Å². The first-order chi connectivity index (χ1) is 9.12. The van der Waals surface area contributed by atoms with Gasteiger partial charge in [-0.15, -0.1) is 0 Å². The van der Waals surface area contributed by atoms with E-state index in [0.717, 1.165) is 23.2 Å². The van der Waals surface area contributed by atoms with E-state index in [9.17, 15) is 5.11 Å². The molecule has 1 heterocycles. The van der Waals surface area contributed by atoms with Crippen molar-refractivity contribution in [3.05, 3.63) is 53.3 Å². The summed E-state index contributed by atoms with van der Waals surface area (Å²) in [5.74, 6) is 0. The Hall–Kier alpha value is -1.65. The quantitative estimate of drug-likeness (QED) is 0.880. The SMILES string of the molecule is CCn1cc(CC2(O)CC(N)c3ccccc32)cn1. The first kappa shape index (κ1) is 12.4. The zero-order valence-electron chi connectivity index (χ0n) is 11.1. The number of benzene rings is 1. The molecule has 0 saturated carbocycles. The summed E-state index contributed by atoms with van der Waals surface area (Å²) in [4.78, 5) is 0. The second-order valence-corrected chi connectivity index (χ2v) is 5.31. The van der Waals surface area contributed by atoms with Gasteiger partial charge >= 0.3 is 0 Å². The Morgan fingerprint density at radius 3 is 3.00 bits per heavy atom. The van der Waals surface area contributed by atoms with E-state index >= 15 is 0 Å². The molecule has 2 aromatic rings. The number of hydrogen-bond donors (Lipinski definition) is 2. The summed E-state index contributed by atoms with van der Waals surface area (Å²) in [5, 5.41) is 15.2. The van der Waals surface area contributed by atoms with Crippen molar-refractivity contribution in [2.45, 2.75) is 38.0 Å².